The molecule has 0 radical (unpaired) electrons. The van der Waals surface area contributed by atoms with Crippen molar-refractivity contribution in [2.24, 2.45) is 0 Å². The summed E-state index contributed by atoms with van der Waals surface area (Å²) in [5.41, 5.74) is 0.925. The lowest BCUT2D eigenvalue weighted by Gasteiger charge is -2.33. The number of likely N-dealkylation sites (tertiary alicyclic amines) is 2. The van der Waals surface area contributed by atoms with Crippen molar-refractivity contribution in [3.63, 3.8) is 0 Å². The molecule has 0 unspecified atom stereocenters. The Morgan fingerprint density at radius 1 is 1.15 bits per heavy atom. The van der Waals surface area contributed by atoms with Crippen LogP contribution in [0.15, 0.2) is 30.3 Å². The van der Waals surface area contributed by atoms with E-state index < -0.39 is 18.2 Å². The molecule has 2 amide bonds. The molecule has 2 fully saturated rings. The standard InChI is InChI=1S/C20H28N2O4/c1-2-18(23)16-10-6-12-21(16)19(24)17-11-7-13-22(17)20(25)26-14-15-8-4-3-5-9-15/h3-5,8-9,16-18,23H,2,6-7,10-14H2,1H3/t16-,17-,18+/m0/s1. The minimum atomic E-state index is -0.499. The fourth-order valence-corrected chi connectivity index (χ4v) is 3.97. The first-order chi connectivity index (χ1) is 12.6. The summed E-state index contributed by atoms with van der Waals surface area (Å²) in [5, 5.41) is 10.2. The molecule has 0 spiro atoms. The fraction of sp³-hybridized carbons (Fsp3) is 0.600. The molecule has 2 heterocycles. The first kappa shape index (κ1) is 18.7. The summed E-state index contributed by atoms with van der Waals surface area (Å²) < 4.78 is 5.42. The number of nitrogens with zero attached hydrogens (tertiary/aromatic N) is 2. The molecule has 142 valence electrons. The molecule has 0 aliphatic carbocycles. The highest BCUT2D eigenvalue weighted by Gasteiger charge is 2.42. The summed E-state index contributed by atoms with van der Waals surface area (Å²) in [6.07, 6.45) is 2.88. The van der Waals surface area contributed by atoms with E-state index in [1.807, 2.05) is 37.3 Å². The van der Waals surface area contributed by atoms with E-state index in [0.717, 1.165) is 24.8 Å². The lowest BCUT2D eigenvalue weighted by atomic mass is 10.1. The van der Waals surface area contributed by atoms with Crippen molar-refractivity contribution in [2.45, 2.75) is 63.8 Å². The third-order valence-electron chi connectivity index (χ3n) is 5.42. The van der Waals surface area contributed by atoms with Crippen LogP contribution in [0.3, 0.4) is 0 Å². The zero-order chi connectivity index (χ0) is 18.5. The van der Waals surface area contributed by atoms with Crippen molar-refractivity contribution in [1.82, 2.24) is 9.80 Å². The zero-order valence-electron chi connectivity index (χ0n) is 15.3. The van der Waals surface area contributed by atoms with Crippen LogP contribution in [0.1, 0.15) is 44.6 Å². The number of rotatable bonds is 5. The number of amides is 2. The van der Waals surface area contributed by atoms with Crippen LogP contribution in [0.2, 0.25) is 0 Å². The number of ether oxygens (including phenoxy) is 1. The number of hydrogen-bond donors (Lipinski definition) is 1. The molecule has 2 aliphatic heterocycles. The van der Waals surface area contributed by atoms with Crippen LogP contribution in [0.25, 0.3) is 0 Å². The minimum absolute atomic E-state index is 0.0471. The van der Waals surface area contributed by atoms with Crippen LogP contribution >= 0.6 is 0 Å². The molecule has 26 heavy (non-hydrogen) atoms. The summed E-state index contributed by atoms with van der Waals surface area (Å²) in [6.45, 7) is 3.33. The number of aliphatic hydroxyl groups is 1. The summed E-state index contributed by atoms with van der Waals surface area (Å²) >= 11 is 0. The first-order valence-electron chi connectivity index (χ1n) is 9.57. The predicted octanol–water partition coefficient (Wildman–Crippen LogP) is 2.55. The second-order valence-electron chi connectivity index (χ2n) is 7.11. The zero-order valence-corrected chi connectivity index (χ0v) is 15.3. The molecule has 1 aromatic carbocycles. The molecule has 2 saturated heterocycles. The maximum Gasteiger partial charge on any atom is 0.410 e. The third kappa shape index (κ3) is 4.01. The molecule has 0 bridgehead atoms. The van der Waals surface area contributed by atoms with E-state index in [4.69, 9.17) is 4.74 Å². The Labute approximate surface area is 154 Å². The van der Waals surface area contributed by atoms with Gasteiger partial charge in [0.1, 0.15) is 12.6 Å². The summed E-state index contributed by atoms with van der Waals surface area (Å²) in [6, 6.07) is 8.92. The van der Waals surface area contributed by atoms with Crippen LogP contribution in [0.5, 0.6) is 0 Å². The smallest absolute Gasteiger partial charge is 0.410 e. The van der Waals surface area contributed by atoms with Crippen LogP contribution in [0, 0.1) is 0 Å². The molecule has 1 aromatic rings. The Kier molecular flexibility index (Phi) is 6.14. The van der Waals surface area contributed by atoms with E-state index in [1.54, 1.807) is 9.80 Å². The number of carbonyl (C=O) groups excluding carboxylic acids is 2. The van der Waals surface area contributed by atoms with Crippen molar-refractivity contribution in [1.29, 1.82) is 0 Å². The fourth-order valence-electron chi connectivity index (χ4n) is 3.97. The molecule has 3 atom stereocenters. The molecule has 0 aromatic heterocycles. The lowest BCUT2D eigenvalue weighted by molar-refractivity contribution is -0.138. The van der Waals surface area contributed by atoms with Crippen molar-refractivity contribution < 1.29 is 19.4 Å². The lowest BCUT2D eigenvalue weighted by Crippen LogP contribution is -2.51. The van der Waals surface area contributed by atoms with Gasteiger partial charge in [-0.2, -0.15) is 0 Å². The van der Waals surface area contributed by atoms with Gasteiger partial charge in [-0.25, -0.2) is 4.79 Å². The van der Waals surface area contributed by atoms with E-state index >= 15 is 0 Å². The third-order valence-corrected chi connectivity index (χ3v) is 5.42. The SMILES string of the molecule is CC[C@@H](O)[C@@H]1CCCN1C(=O)[C@@H]1CCCN1C(=O)OCc1ccccc1. The number of hydrogen-bond acceptors (Lipinski definition) is 4. The van der Waals surface area contributed by atoms with E-state index in [1.165, 1.54) is 0 Å². The minimum Gasteiger partial charge on any atom is -0.445 e. The molecule has 6 nitrogen and oxygen atoms in total. The van der Waals surface area contributed by atoms with Crippen molar-refractivity contribution in [2.75, 3.05) is 13.1 Å². The van der Waals surface area contributed by atoms with E-state index in [9.17, 15) is 14.7 Å². The normalized spacial score (nSPS) is 23.9. The molecule has 0 saturated carbocycles. The van der Waals surface area contributed by atoms with Gasteiger partial charge in [0.25, 0.3) is 0 Å². The van der Waals surface area contributed by atoms with Crippen LogP contribution < -0.4 is 0 Å². The van der Waals surface area contributed by atoms with Crippen LogP contribution in [-0.4, -0.2) is 58.2 Å². The highest BCUT2D eigenvalue weighted by Crippen LogP contribution is 2.27. The molecule has 6 heteroatoms. The Morgan fingerprint density at radius 2 is 1.85 bits per heavy atom. The van der Waals surface area contributed by atoms with Gasteiger partial charge in [-0.15, -0.1) is 0 Å². The molecular weight excluding hydrogens is 332 g/mol. The van der Waals surface area contributed by atoms with Crippen molar-refractivity contribution in [3.05, 3.63) is 35.9 Å². The van der Waals surface area contributed by atoms with Crippen molar-refractivity contribution >= 4 is 12.0 Å². The Hall–Kier alpha value is -2.08. The van der Waals surface area contributed by atoms with Gasteiger partial charge in [0, 0.05) is 13.1 Å². The average molecular weight is 360 g/mol. The summed E-state index contributed by atoms with van der Waals surface area (Å²) in [5.74, 6) is -0.0471. The van der Waals surface area contributed by atoms with Gasteiger partial charge < -0.3 is 14.7 Å². The number of aliphatic hydroxyl groups excluding tert-OH is 1. The molecule has 1 N–H and O–H groups in total. The van der Waals surface area contributed by atoms with E-state index in [0.29, 0.717) is 25.9 Å². The second-order valence-corrected chi connectivity index (χ2v) is 7.11. The summed E-state index contributed by atoms with van der Waals surface area (Å²) in [4.78, 5) is 28.9. The highest BCUT2D eigenvalue weighted by molar-refractivity contribution is 5.86. The molecule has 3 rings (SSSR count). The van der Waals surface area contributed by atoms with E-state index in [-0.39, 0.29) is 18.6 Å². The van der Waals surface area contributed by atoms with Gasteiger partial charge in [0.05, 0.1) is 12.1 Å². The second kappa shape index (κ2) is 8.54. The Balaban J connectivity index is 1.61. The van der Waals surface area contributed by atoms with Gasteiger partial charge >= 0.3 is 6.09 Å². The van der Waals surface area contributed by atoms with Gasteiger partial charge in [0.15, 0.2) is 0 Å². The van der Waals surface area contributed by atoms with Crippen LogP contribution in [-0.2, 0) is 16.1 Å². The molecule has 2 aliphatic rings. The number of benzene rings is 1. The van der Waals surface area contributed by atoms with Gasteiger partial charge in [0.2, 0.25) is 5.91 Å². The largest absolute Gasteiger partial charge is 0.445 e. The predicted molar refractivity (Wildman–Crippen MR) is 97.4 cm³/mol. The monoisotopic (exact) mass is 360 g/mol. The van der Waals surface area contributed by atoms with Crippen molar-refractivity contribution in [3.8, 4) is 0 Å². The maximum absolute atomic E-state index is 13.0. The maximum atomic E-state index is 13.0. The topological polar surface area (TPSA) is 70.1 Å². The van der Waals surface area contributed by atoms with E-state index in [2.05, 4.69) is 0 Å². The Bertz CT molecular complexity index is 621. The average Bonchev–Trinajstić information content (AvgIpc) is 3.35. The first-order valence-corrected chi connectivity index (χ1v) is 9.57. The quantitative estimate of drug-likeness (QED) is 0.876. The van der Waals surface area contributed by atoms with Gasteiger partial charge in [-0.1, -0.05) is 37.3 Å². The summed E-state index contributed by atoms with van der Waals surface area (Å²) in [7, 11) is 0. The highest BCUT2D eigenvalue weighted by atomic mass is 16.6. The van der Waals surface area contributed by atoms with Crippen LogP contribution in [0.4, 0.5) is 4.79 Å². The Morgan fingerprint density at radius 3 is 2.58 bits per heavy atom. The number of carbonyl (C=O) groups is 2. The van der Waals surface area contributed by atoms with Gasteiger partial charge in [-0.3, -0.25) is 9.69 Å². The van der Waals surface area contributed by atoms with Gasteiger partial charge in [-0.05, 0) is 37.7 Å². The molecular formula is C20H28N2O4.